The van der Waals surface area contributed by atoms with Gasteiger partial charge in [0.15, 0.2) is 0 Å². The second kappa shape index (κ2) is 7.49. The Hall–Kier alpha value is -1.35. The number of piperidine rings is 1. The van der Waals surface area contributed by atoms with Gasteiger partial charge in [-0.3, -0.25) is 4.79 Å². The summed E-state index contributed by atoms with van der Waals surface area (Å²) in [5.41, 5.74) is 1.26. The van der Waals surface area contributed by atoms with Gasteiger partial charge in [-0.05, 0) is 62.8 Å². The third-order valence-corrected chi connectivity index (χ3v) is 6.78. The smallest absolute Gasteiger partial charge is 0.223 e. The molecular formula is C22H32N2O. The van der Waals surface area contributed by atoms with Gasteiger partial charge < -0.3 is 10.2 Å². The standard InChI is InChI=1S/C22H32N2O/c1-16(19-8-3-2-4-9-19)24(15-17-6-5-7-17)22(25)14-18-12-20-10-11-21(13-18)23-20/h2-4,8-9,16-18,20-21,23H,5-7,10-15H2,1H3. The molecule has 1 amide bonds. The van der Waals surface area contributed by atoms with Crippen LogP contribution in [0.15, 0.2) is 30.3 Å². The molecule has 0 spiro atoms. The maximum Gasteiger partial charge on any atom is 0.223 e. The van der Waals surface area contributed by atoms with Gasteiger partial charge in [0.25, 0.3) is 0 Å². The predicted octanol–water partition coefficient (Wildman–Crippen LogP) is 4.30. The lowest BCUT2D eigenvalue weighted by Gasteiger charge is -2.38. The van der Waals surface area contributed by atoms with Crippen LogP contribution in [0.1, 0.15) is 69.9 Å². The number of benzene rings is 1. The van der Waals surface area contributed by atoms with E-state index in [1.54, 1.807) is 0 Å². The molecule has 2 aliphatic heterocycles. The third-order valence-electron chi connectivity index (χ3n) is 6.78. The molecule has 0 radical (unpaired) electrons. The molecule has 3 fully saturated rings. The van der Waals surface area contributed by atoms with Crippen molar-refractivity contribution in [2.75, 3.05) is 6.54 Å². The van der Waals surface area contributed by atoms with Gasteiger partial charge in [-0.1, -0.05) is 36.8 Å². The molecule has 2 heterocycles. The summed E-state index contributed by atoms with van der Waals surface area (Å²) in [6, 6.07) is 12.1. The van der Waals surface area contributed by atoms with Crippen molar-refractivity contribution in [3.63, 3.8) is 0 Å². The minimum atomic E-state index is 0.188. The first-order chi connectivity index (χ1) is 12.2. The highest BCUT2D eigenvalue weighted by Gasteiger charge is 2.36. The number of hydrogen-bond acceptors (Lipinski definition) is 2. The molecule has 3 nitrogen and oxygen atoms in total. The average Bonchev–Trinajstić information content (AvgIpc) is 2.92. The predicted molar refractivity (Wildman–Crippen MR) is 101 cm³/mol. The second-order valence-electron chi connectivity index (χ2n) is 8.61. The quantitative estimate of drug-likeness (QED) is 0.837. The minimum absolute atomic E-state index is 0.188. The number of hydrogen-bond donors (Lipinski definition) is 1. The van der Waals surface area contributed by atoms with Gasteiger partial charge in [0.05, 0.1) is 6.04 Å². The Morgan fingerprint density at radius 1 is 1.08 bits per heavy atom. The van der Waals surface area contributed by atoms with E-state index in [1.807, 2.05) is 0 Å². The highest BCUT2D eigenvalue weighted by atomic mass is 16.2. The van der Waals surface area contributed by atoms with Gasteiger partial charge in [-0.2, -0.15) is 0 Å². The lowest BCUT2D eigenvalue weighted by atomic mass is 9.84. The third kappa shape index (κ3) is 3.92. The summed E-state index contributed by atoms with van der Waals surface area (Å²) >= 11 is 0. The number of carbonyl (C=O) groups excluding carboxylic acids is 1. The maximum atomic E-state index is 13.2. The van der Waals surface area contributed by atoms with Crippen LogP contribution in [0.2, 0.25) is 0 Å². The molecule has 3 aliphatic rings. The first-order valence-corrected chi connectivity index (χ1v) is 10.3. The van der Waals surface area contributed by atoms with Crippen LogP contribution in [0.3, 0.4) is 0 Å². The van der Waals surface area contributed by atoms with Crippen molar-refractivity contribution in [1.82, 2.24) is 10.2 Å². The molecule has 2 bridgehead atoms. The Morgan fingerprint density at radius 3 is 2.36 bits per heavy atom. The zero-order chi connectivity index (χ0) is 17.2. The van der Waals surface area contributed by atoms with Crippen LogP contribution in [0.4, 0.5) is 0 Å². The van der Waals surface area contributed by atoms with Crippen molar-refractivity contribution in [2.45, 2.75) is 76.4 Å². The molecule has 1 aromatic carbocycles. The number of carbonyl (C=O) groups is 1. The maximum absolute atomic E-state index is 13.2. The topological polar surface area (TPSA) is 32.3 Å². The van der Waals surface area contributed by atoms with Crippen molar-refractivity contribution < 1.29 is 4.79 Å². The van der Waals surface area contributed by atoms with E-state index in [2.05, 4.69) is 47.5 Å². The van der Waals surface area contributed by atoms with Gasteiger partial charge in [0.2, 0.25) is 5.91 Å². The number of nitrogens with zero attached hydrogens (tertiary/aromatic N) is 1. The summed E-state index contributed by atoms with van der Waals surface area (Å²) in [6.07, 6.45) is 9.68. The largest absolute Gasteiger partial charge is 0.336 e. The molecule has 3 unspecified atom stereocenters. The molecule has 2 saturated heterocycles. The van der Waals surface area contributed by atoms with E-state index in [0.29, 0.717) is 23.9 Å². The van der Waals surface area contributed by atoms with E-state index in [0.717, 1.165) is 18.9 Å². The number of rotatable bonds is 6. The lowest BCUT2D eigenvalue weighted by molar-refractivity contribution is -0.136. The minimum Gasteiger partial charge on any atom is -0.336 e. The lowest BCUT2D eigenvalue weighted by Crippen LogP contribution is -2.43. The van der Waals surface area contributed by atoms with E-state index < -0.39 is 0 Å². The molecule has 25 heavy (non-hydrogen) atoms. The van der Waals surface area contributed by atoms with Crippen LogP contribution >= 0.6 is 0 Å². The molecule has 1 N–H and O–H groups in total. The molecule has 136 valence electrons. The average molecular weight is 341 g/mol. The van der Waals surface area contributed by atoms with Gasteiger partial charge in [-0.25, -0.2) is 0 Å². The molecule has 0 aromatic heterocycles. The highest BCUT2D eigenvalue weighted by molar-refractivity contribution is 5.77. The zero-order valence-corrected chi connectivity index (χ0v) is 15.5. The Labute approximate surface area is 152 Å². The van der Waals surface area contributed by atoms with Gasteiger partial charge >= 0.3 is 0 Å². The van der Waals surface area contributed by atoms with Crippen molar-refractivity contribution in [3.05, 3.63) is 35.9 Å². The fraction of sp³-hybridized carbons (Fsp3) is 0.682. The Balaban J connectivity index is 1.43. The molecule has 3 atom stereocenters. The molecule has 1 aromatic rings. The summed E-state index contributed by atoms with van der Waals surface area (Å²) < 4.78 is 0. The molecule has 3 heteroatoms. The van der Waals surface area contributed by atoms with Crippen LogP contribution in [-0.2, 0) is 4.79 Å². The van der Waals surface area contributed by atoms with Gasteiger partial charge in [-0.15, -0.1) is 0 Å². The monoisotopic (exact) mass is 340 g/mol. The van der Waals surface area contributed by atoms with E-state index in [4.69, 9.17) is 0 Å². The van der Waals surface area contributed by atoms with Crippen molar-refractivity contribution in [2.24, 2.45) is 11.8 Å². The summed E-state index contributed by atoms with van der Waals surface area (Å²) in [4.78, 5) is 15.4. The molecule has 1 saturated carbocycles. The highest BCUT2D eigenvalue weighted by Crippen LogP contribution is 2.35. The first-order valence-electron chi connectivity index (χ1n) is 10.3. The summed E-state index contributed by atoms with van der Waals surface area (Å²) in [6.45, 7) is 3.16. The van der Waals surface area contributed by atoms with Crippen molar-refractivity contribution >= 4 is 5.91 Å². The summed E-state index contributed by atoms with van der Waals surface area (Å²) in [5.74, 6) is 1.69. The van der Waals surface area contributed by atoms with E-state index in [1.165, 1.54) is 50.5 Å². The van der Waals surface area contributed by atoms with Crippen molar-refractivity contribution in [1.29, 1.82) is 0 Å². The fourth-order valence-electron chi connectivity index (χ4n) is 5.05. The van der Waals surface area contributed by atoms with E-state index in [-0.39, 0.29) is 6.04 Å². The van der Waals surface area contributed by atoms with Crippen LogP contribution in [0, 0.1) is 11.8 Å². The van der Waals surface area contributed by atoms with Crippen LogP contribution in [-0.4, -0.2) is 29.4 Å². The number of fused-ring (bicyclic) bond motifs is 2. The Bertz CT molecular complexity index is 571. The first kappa shape index (κ1) is 17.1. The van der Waals surface area contributed by atoms with Crippen LogP contribution in [0.5, 0.6) is 0 Å². The molecule has 1 aliphatic carbocycles. The van der Waals surface area contributed by atoms with E-state index >= 15 is 0 Å². The van der Waals surface area contributed by atoms with Crippen LogP contribution < -0.4 is 5.32 Å². The normalized spacial score (nSPS) is 29.9. The van der Waals surface area contributed by atoms with Crippen LogP contribution in [0.25, 0.3) is 0 Å². The molecular weight excluding hydrogens is 308 g/mol. The summed E-state index contributed by atoms with van der Waals surface area (Å²) in [7, 11) is 0. The van der Waals surface area contributed by atoms with Gasteiger partial charge in [0.1, 0.15) is 0 Å². The number of amides is 1. The summed E-state index contributed by atoms with van der Waals surface area (Å²) in [5, 5.41) is 3.70. The fourth-order valence-corrected chi connectivity index (χ4v) is 5.05. The zero-order valence-electron chi connectivity index (χ0n) is 15.5. The Morgan fingerprint density at radius 2 is 1.76 bits per heavy atom. The van der Waals surface area contributed by atoms with E-state index in [9.17, 15) is 4.79 Å². The second-order valence-corrected chi connectivity index (χ2v) is 8.61. The van der Waals surface area contributed by atoms with Gasteiger partial charge in [0, 0.05) is 25.0 Å². The Kier molecular flexibility index (Phi) is 5.12. The van der Waals surface area contributed by atoms with Crippen molar-refractivity contribution in [3.8, 4) is 0 Å². The SMILES string of the molecule is CC(c1ccccc1)N(CC1CCC1)C(=O)CC1CC2CCC(C1)N2. The molecule has 4 rings (SSSR count). The number of nitrogens with one attached hydrogen (secondary N) is 1.